The molecule has 1 amide bonds. The van der Waals surface area contributed by atoms with Crippen molar-refractivity contribution in [2.75, 3.05) is 13.2 Å². The van der Waals surface area contributed by atoms with Crippen LogP contribution in [0.3, 0.4) is 0 Å². The second-order valence-electron chi connectivity index (χ2n) is 7.03. The molecule has 1 aromatic carbocycles. The molecular formula is C19H27NO4. The summed E-state index contributed by atoms with van der Waals surface area (Å²) in [5.41, 5.74) is 1.04. The molecule has 0 N–H and O–H groups in total. The first kappa shape index (κ1) is 18.3. The molecule has 2 rings (SSSR count). The van der Waals surface area contributed by atoms with Crippen LogP contribution in [0.15, 0.2) is 24.3 Å². The molecule has 1 unspecified atom stereocenters. The van der Waals surface area contributed by atoms with Crippen LogP contribution in [0.4, 0.5) is 4.79 Å². The smallest absolute Gasteiger partial charge is 0.410 e. The maximum Gasteiger partial charge on any atom is 0.410 e. The van der Waals surface area contributed by atoms with E-state index in [2.05, 4.69) is 0 Å². The van der Waals surface area contributed by atoms with Gasteiger partial charge in [-0.3, -0.25) is 0 Å². The predicted molar refractivity (Wildman–Crippen MR) is 91.9 cm³/mol. The summed E-state index contributed by atoms with van der Waals surface area (Å²) in [6.07, 6.45) is 2.68. The fraction of sp³-hybridized carbons (Fsp3) is 0.579. The van der Waals surface area contributed by atoms with Gasteiger partial charge in [-0.2, -0.15) is 0 Å². The minimum atomic E-state index is -0.507. The SMILES string of the molecule is CCOC(=O)c1ccc(C2CCCCN2C(=O)OC(C)(C)C)cc1. The summed E-state index contributed by atoms with van der Waals surface area (Å²) < 4.78 is 10.5. The van der Waals surface area contributed by atoms with E-state index < -0.39 is 5.60 Å². The molecule has 0 aromatic heterocycles. The molecule has 5 heteroatoms. The number of benzene rings is 1. The number of hydrogen-bond acceptors (Lipinski definition) is 4. The Morgan fingerprint density at radius 3 is 2.42 bits per heavy atom. The molecule has 1 heterocycles. The molecule has 0 spiro atoms. The van der Waals surface area contributed by atoms with Crippen molar-refractivity contribution < 1.29 is 19.1 Å². The van der Waals surface area contributed by atoms with Gasteiger partial charge < -0.3 is 14.4 Å². The summed E-state index contributed by atoms with van der Waals surface area (Å²) in [7, 11) is 0. The molecule has 1 aliphatic heterocycles. The lowest BCUT2D eigenvalue weighted by atomic mass is 9.95. The van der Waals surface area contributed by atoms with E-state index in [-0.39, 0.29) is 18.1 Å². The van der Waals surface area contributed by atoms with E-state index >= 15 is 0 Å². The van der Waals surface area contributed by atoms with E-state index in [9.17, 15) is 9.59 Å². The molecule has 0 bridgehead atoms. The highest BCUT2D eigenvalue weighted by atomic mass is 16.6. The Labute approximate surface area is 143 Å². The topological polar surface area (TPSA) is 55.8 Å². The zero-order valence-corrected chi connectivity index (χ0v) is 15.0. The van der Waals surface area contributed by atoms with E-state index in [1.807, 2.05) is 32.9 Å². The number of ether oxygens (including phenoxy) is 2. The van der Waals surface area contributed by atoms with Crippen LogP contribution < -0.4 is 0 Å². The summed E-state index contributed by atoms with van der Waals surface area (Å²) in [6.45, 7) is 8.45. The van der Waals surface area contributed by atoms with Crippen LogP contribution in [0.1, 0.15) is 68.9 Å². The Hall–Kier alpha value is -2.04. The average molecular weight is 333 g/mol. The third-order valence-corrected chi connectivity index (χ3v) is 3.94. The molecule has 1 fully saturated rings. The third-order valence-electron chi connectivity index (χ3n) is 3.94. The zero-order chi connectivity index (χ0) is 17.7. The van der Waals surface area contributed by atoms with Crippen LogP contribution in [0.5, 0.6) is 0 Å². The highest BCUT2D eigenvalue weighted by Gasteiger charge is 2.31. The average Bonchev–Trinajstić information content (AvgIpc) is 2.53. The number of esters is 1. The number of carbonyl (C=O) groups is 2. The quantitative estimate of drug-likeness (QED) is 0.773. The lowest BCUT2D eigenvalue weighted by molar-refractivity contribution is 0.00947. The second kappa shape index (κ2) is 7.69. The minimum Gasteiger partial charge on any atom is -0.462 e. The summed E-state index contributed by atoms with van der Waals surface area (Å²) in [5.74, 6) is -0.323. The third kappa shape index (κ3) is 4.73. The molecule has 1 aliphatic rings. The van der Waals surface area contributed by atoms with Gasteiger partial charge in [0.1, 0.15) is 5.60 Å². The van der Waals surface area contributed by atoms with Gasteiger partial charge in [-0.05, 0) is 64.7 Å². The van der Waals surface area contributed by atoms with E-state index in [0.29, 0.717) is 18.7 Å². The monoisotopic (exact) mass is 333 g/mol. The summed E-state index contributed by atoms with van der Waals surface area (Å²) >= 11 is 0. The van der Waals surface area contributed by atoms with Crippen LogP contribution >= 0.6 is 0 Å². The lowest BCUT2D eigenvalue weighted by Crippen LogP contribution is -2.41. The van der Waals surface area contributed by atoms with Crippen LogP contribution in [0, 0.1) is 0 Å². The van der Waals surface area contributed by atoms with E-state index in [1.165, 1.54) is 0 Å². The van der Waals surface area contributed by atoms with Gasteiger partial charge in [0.05, 0.1) is 18.2 Å². The lowest BCUT2D eigenvalue weighted by Gasteiger charge is -2.37. The number of hydrogen-bond donors (Lipinski definition) is 0. The molecule has 0 radical (unpaired) electrons. The van der Waals surface area contributed by atoms with Gasteiger partial charge in [0.25, 0.3) is 0 Å². The van der Waals surface area contributed by atoms with Crippen LogP contribution in [0.25, 0.3) is 0 Å². The summed E-state index contributed by atoms with van der Waals surface area (Å²) in [4.78, 5) is 26.0. The minimum absolute atomic E-state index is 0.00940. The van der Waals surface area contributed by atoms with Crippen molar-refractivity contribution in [3.63, 3.8) is 0 Å². The molecule has 1 saturated heterocycles. The van der Waals surface area contributed by atoms with E-state index in [1.54, 1.807) is 24.0 Å². The van der Waals surface area contributed by atoms with Crippen LogP contribution in [-0.4, -0.2) is 35.7 Å². The number of rotatable bonds is 3. The second-order valence-corrected chi connectivity index (χ2v) is 7.03. The van der Waals surface area contributed by atoms with Crippen molar-refractivity contribution in [2.24, 2.45) is 0 Å². The Kier molecular flexibility index (Phi) is 5.86. The molecule has 0 saturated carbocycles. The van der Waals surface area contributed by atoms with Gasteiger partial charge >= 0.3 is 12.1 Å². The van der Waals surface area contributed by atoms with Gasteiger partial charge in [0, 0.05) is 6.54 Å². The number of likely N-dealkylation sites (tertiary alicyclic amines) is 1. The van der Waals surface area contributed by atoms with Gasteiger partial charge in [0.2, 0.25) is 0 Å². The van der Waals surface area contributed by atoms with Crippen LogP contribution in [0.2, 0.25) is 0 Å². The zero-order valence-electron chi connectivity index (χ0n) is 15.0. The molecule has 5 nitrogen and oxygen atoms in total. The van der Waals surface area contributed by atoms with Crippen molar-refractivity contribution in [1.29, 1.82) is 0 Å². The normalized spacial score (nSPS) is 18.2. The Bertz CT molecular complexity index is 574. The molecule has 1 aromatic rings. The van der Waals surface area contributed by atoms with Gasteiger partial charge in [0.15, 0.2) is 0 Å². The number of piperidine rings is 1. The number of nitrogens with zero attached hydrogens (tertiary/aromatic N) is 1. The fourth-order valence-electron chi connectivity index (χ4n) is 2.87. The van der Waals surface area contributed by atoms with Gasteiger partial charge in [-0.1, -0.05) is 12.1 Å². The first-order chi connectivity index (χ1) is 11.3. The largest absolute Gasteiger partial charge is 0.462 e. The maximum atomic E-state index is 12.5. The van der Waals surface area contributed by atoms with E-state index in [0.717, 1.165) is 24.8 Å². The predicted octanol–water partition coefficient (Wildman–Crippen LogP) is 4.33. The molecule has 132 valence electrons. The van der Waals surface area contributed by atoms with Crippen molar-refractivity contribution >= 4 is 12.1 Å². The Morgan fingerprint density at radius 2 is 1.83 bits per heavy atom. The highest BCUT2D eigenvalue weighted by molar-refractivity contribution is 5.89. The Balaban J connectivity index is 2.15. The van der Waals surface area contributed by atoms with Crippen LogP contribution in [-0.2, 0) is 9.47 Å². The number of carbonyl (C=O) groups excluding carboxylic acids is 2. The van der Waals surface area contributed by atoms with Crippen molar-refractivity contribution in [3.8, 4) is 0 Å². The first-order valence-corrected chi connectivity index (χ1v) is 8.58. The van der Waals surface area contributed by atoms with Gasteiger partial charge in [-0.25, -0.2) is 9.59 Å². The molecule has 24 heavy (non-hydrogen) atoms. The van der Waals surface area contributed by atoms with Crippen molar-refractivity contribution in [3.05, 3.63) is 35.4 Å². The maximum absolute atomic E-state index is 12.5. The Morgan fingerprint density at radius 1 is 1.17 bits per heavy atom. The molecule has 1 atom stereocenters. The number of amides is 1. The first-order valence-electron chi connectivity index (χ1n) is 8.58. The van der Waals surface area contributed by atoms with Crippen molar-refractivity contribution in [2.45, 2.75) is 58.6 Å². The van der Waals surface area contributed by atoms with Crippen molar-refractivity contribution in [1.82, 2.24) is 4.90 Å². The fourth-order valence-corrected chi connectivity index (χ4v) is 2.87. The van der Waals surface area contributed by atoms with Gasteiger partial charge in [-0.15, -0.1) is 0 Å². The van der Waals surface area contributed by atoms with E-state index in [4.69, 9.17) is 9.47 Å². The summed E-state index contributed by atoms with van der Waals surface area (Å²) in [5, 5.41) is 0. The molecule has 0 aliphatic carbocycles. The standard InChI is InChI=1S/C19H27NO4/c1-5-23-17(21)15-11-9-14(10-12-15)16-8-6-7-13-20(16)18(22)24-19(2,3)4/h9-12,16H,5-8,13H2,1-4H3. The summed E-state index contributed by atoms with van der Waals surface area (Å²) in [6, 6.07) is 7.31. The molecular weight excluding hydrogens is 306 g/mol. The highest BCUT2D eigenvalue weighted by Crippen LogP contribution is 2.32.